The Bertz CT molecular complexity index is 713. The van der Waals surface area contributed by atoms with Gasteiger partial charge in [-0.1, -0.05) is 36.4 Å². The van der Waals surface area contributed by atoms with E-state index in [1.807, 2.05) is 36.4 Å². The van der Waals surface area contributed by atoms with Crippen molar-refractivity contribution >= 4 is 23.5 Å². The van der Waals surface area contributed by atoms with Crippen LogP contribution in [0, 0.1) is 13.8 Å². The van der Waals surface area contributed by atoms with Gasteiger partial charge in [0.1, 0.15) is 0 Å². The van der Waals surface area contributed by atoms with Gasteiger partial charge in [-0.2, -0.15) is 0 Å². The standard InChI is InChI=1S/C20H23NO2S/c1-14-9-10-18(11-15(14)2)24-13-20(23)21-19(16(3)22)12-17-7-5-4-6-8-17/h4-11,19H,12-13H2,1-3H3,(H,21,23)/t19-/m1/s1. The molecule has 2 aromatic rings. The zero-order chi connectivity index (χ0) is 17.5. The molecule has 1 amide bonds. The normalized spacial score (nSPS) is 11.8. The van der Waals surface area contributed by atoms with E-state index in [4.69, 9.17) is 0 Å². The van der Waals surface area contributed by atoms with Crippen LogP contribution in [0.5, 0.6) is 0 Å². The SMILES string of the molecule is CC(=O)[C@@H](Cc1ccccc1)NC(=O)CSc1ccc(C)c(C)c1. The largest absolute Gasteiger partial charge is 0.345 e. The van der Waals surface area contributed by atoms with E-state index in [0.29, 0.717) is 12.2 Å². The third-order valence-electron chi connectivity index (χ3n) is 3.96. The monoisotopic (exact) mass is 341 g/mol. The molecule has 0 spiro atoms. The summed E-state index contributed by atoms with van der Waals surface area (Å²) >= 11 is 1.49. The molecule has 0 aliphatic carbocycles. The molecule has 1 N–H and O–H groups in total. The molecule has 0 unspecified atom stereocenters. The van der Waals surface area contributed by atoms with Crippen LogP contribution in [0.15, 0.2) is 53.4 Å². The maximum absolute atomic E-state index is 12.2. The molecule has 0 fully saturated rings. The van der Waals surface area contributed by atoms with Crippen LogP contribution in [0.1, 0.15) is 23.6 Å². The summed E-state index contributed by atoms with van der Waals surface area (Å²) in [5, 5.41) is 2.85. The topological polar surface area (TPSA) is 46.2 Å². The zero-order valence-corrected chi connectivity index (χ0v) is 15.2. The first-order valence-corrected chi connectivity index (χ1v) is 8.98. The molecule has 0 saturated heterocycles. The van der Waals surface area contributed by atoms with Crippen molar-refractivity contribution in [2.24, 2.45) is 0 Å². The van der Waals surface area contributed by atoms with Crippen LogP contribution in [0.3, 0.4) is 0 Å². The summed E-state index contributed by atoms with van der Waals surface area (Å²) in [4.78, 5) is 25.1. The van der Waals surface area contributed by atoms with Crippen molar-refractivity contribution < 1.29 is 9.59 Å². The van der Waals surface area contributed by atoms with E-state index >= 15 is 0 Å². The molecule has 0 aliphatic heterocycles. The van der Waals surface area contributed by atoms with Gasteiger partial charge in [0.05, 0.1) is 11.8 Å². The highest BCUT2D eigenvalue weighted by Gasteiger charge is 2.17. The van der Waals surface area contributed by atoms with E-state index in [1.54, 1.807) is 0 Å². The Labute approximate surface area is 147 Å². The molecular formula is C20H23NO2S. The van der Waals surface area contributed by atoms with Gasteiger partial charge in [0.25, 0.3) is 0 Å². The predicted molar refractivity (Wildman–Crippen MR) is 99.4 cm³/mol. The average Bonchev–Trinajstić information content (AvgIpc) is 2.56. The van der Waals surface area contributed by atoms with Crippen LogP contribution in [0.25, 0.3) is 0 Å². The van der Waals surface area contributed by atoms with Gasteiger partial charge in [-0.15, -0.1) is 11.8 Å². The minimum atomic E-state index is -0.472. The van der Waals surface area contributed by atoms with E-state index in [9.17, 15) is 9.59 Å². The lowest BCUT2D eigenvalue weighted by Gasteiger charge is -2.16. The lowest BCUT2D eigenvalue weighted by molar-refractivity contribution is -0.125. The van der Waals surface area contributed by atoms with E-state index < -0.39 is 6.04 Å². The summed E-state index contributed by atoms with van der Waals surface area (Å²) in [6.45, 7) is 5.65. The molecule has 126 valence electrons. The highest BCUT2D eigenvalue weighted by molar-refractivity contribution is 8.00. The summed E-state index contributed by atoms with van der Waals surface area (Å²) in [5.41, 5.74) is 3.49. The number of hydrogen-bond acceptors (Lipinski definition) is 3. The summed E-state index contributed by atoms with van der Waals surface area (Å²) in [6, 6.07) is 15.4. The number of carbonyl (C=O) groups excluding carboxylic acids is 2. The number of amides is 1. The van der Waals surface area contributed by atoms with Crippen molar-refractivity contribution in [3.63, 3.8) is 0 Å². The zero-order valence-electron chi connectivity index (χ0n) is 14.3. The molecule has 0 bridgehead atoms. The van der Waals surface area contributed by atoms with Gasteiger partial charge in [-0.05, 0) is 56.0 Å². The molecule has 0 saturated carbocycles. The number of rotatable bonds is 7. The van der Waals surface area contributed by atoms with E-state index in [0.717, 1.165) is 10.5 Å². The number of Topliss-reactive ketones (excluding diaryl/α,β-unsaturated/α-hetero) is 1. The number of aryl methyl sites for hydroxylation is 2. The van der Waals surface area contributed by atoms with E-state index in [-0.39, 0.29) is 11.7 Å². The maximum Gasteiger partial charge on any atom is 0.230 e. The van der Waals surface area contributed by atoms with E-state index in [2.05, 4.69) is 31.3 Å². The molecule has 4 heteroatoms. The minimum Gasteiger partial charge on any atom is -0.345 e. The number of hydrogen-bond donors (Lipinski definition) is 1. The van der Waals surface area contributed by atoms with Crippen molar-refractivity contribution in [1.82, 2.24) is 5.32 Å². The molecule has 24 heavy (non-hydrogen) atoms. The Morgan fingerprint density at radius 2 is 1.75 bits per heavy atom. The first-order valence-electron chi connectivity index (χ1n) is 7.99. The fourth-order valence-electron chi connectivity index (χ4n) is 2.33. The third kappa shape index (κ3) is 5.53. The fourth-order valence-corrected chi connectivity index (χ4v) is 3.14. The molecule has 1 atom stereocenters. The lowest BCUT2D eigenvalue weighted by atomic mass is 10.0. The molecular weight excluding hydrogens is 318 g/mol. The van der Waals surface area contributed by atoms with Gasteiger partial charge in [0, 0.05) is 4.90 Å². The first kappa shape index (κ1) is 18.3. The second-order valence-electron chi connectivity index (χ2n) is 5.96. The number of carbonyl (C=O) groups is 2. The Kier molecular flexibility index (Phi) is 6.62. The molecule has 2 aromatic carbocycles. The third-order valence-corrected chi connectivity index (χ3v) is 4.95. The van der Waals surface area contributed by atoms with Crippen LogP contribution in [-0.2, 0) is 16.0 Å². The maximum atomic E-state index is 12.2. The van der Waals surface area contributed by atoms with Crippen LogP contribution < -0.4 is 5.32 Å². The summed E-state index contributed by atoms with van der Waals surface area (Å²) in [5.74, 6) is 0.166. The molecule has 0 radical (unpaired) electrons. The van der Waals surface area contributed by atoms with E-state index in [1.165, 1.54) is 29.8 Å². The van der Waals surface area contributed by atoms with Crippen molar-refractivity contribution in [1.29, 1.82) is 0 Å². The highest BCUT2D eigenvalue weighted by Crippen LogP contribution is 2.20. The van der Waals surface area contributed by atoms with Gasteiger partial charge in [-0.3, -0.25) is 9.59 Å². The first-order chi connectivity index (χ1) is 11.5. The van der Waals surface area contributed by atoms with Gasteiger partial charge >= 0.3 is 0 Å². The fraction of sp³-hybridized carbons (Fsp3) is 0.300. The number of thioether (sulfide) groups is 1. The summed E-state index contributed by atoms with van der Waals surface area (Å²) in [6.07, 6.45) is 0.524. The Balaban J connectivity index is 1.90. The Morgan fingerprint density at radius 1 is 1.04 bits per heavy atom. The smallest absolute Gasteiger partial charge is 0.230 e. The number of nitrogens with one attached hydrogen (secondary N) is 1. The second kappa shape index (κ2) is 8.69. The molecule has 0 heterocycles. The molecule has 2 rings (SSSR count). The van der Waals surface area contributed by atoms with Crippen molar-refractivity contribution in [2.75, 3.05) is 5.75 Å². The predicted octanol–water partition coefficient (Wildman–Crippen LogP) is 3.71. The quantitative estimate of drug-likeness (QED) is 0.781. The Hall–Kier alpha value is -2.07. The van der Waals surface area contributed by atoms with Crippen LogP contribution in [-0.4, -0.2) is 23.5 Å². The van der Waals surface area contributed by atoms with Crippen molar-refractivity contribution in [2.45, 2.75) is 38.1 Å². The lowest BCUT2D eigenvalue weighted by Crippen LogP contribution is -2.42. The Morgan fingerprint density at radius 3 is 2.38 bits per heavy atom. The average molecular weight is 341 g/mol. The van der Waals surface area contributed by atoms with Crippen LogP contribution in [0.4, 0.5) is 0 Å². The van der Waals surface area contributed by atoms with Gasteiger partial charge in [0.2, 0.25) is 5.91 Å². The highest BCUT2D eigenvalue weighted by atomic mass is 32.2. The van der Waals surface area contributed by atoms with Crippen molar-refractivity contribution in [3.05, 3.63) is 65.2 Å². The van der Waals surface area contributed by atoms with Crippen LogP contribution in [0.2, 0.25) is 0 Å². The van der Waals surface area contributed by atoms with Gasteiger partial charge < -0.3 is 5.32 Å². The summed E-state index contributed by atoms with van der Waals surface area (Å²) < 4.78 is 0. The number of benzene rings is 2. The summed E-state index contributed by atoms with van der Waals surface area (Å²) in [7, 11) is 0. The van der Waals surface area contributed by atoms with Gasteiger partial charge in [-0.25, -0.2) is 0 Å². The second-order valence-corrected chi connectivity index (χ2v) is 7.00. The molecule has 0 aliphatic rings. The minimum absolute atomic E-state index is 0.0246. The van der Waals surface area contributed by atoms with Crippen LogP contribution >= 0.6 is 11.8 Å². The molecule has 0 aromatic heterocycles. The van der Waals surface area contributed by atoms with Crippen molar-refractivity contribution in [3.8, 4) is 0 Å². The van der Waals surface area contributed by atoms with Gasteiger partial charge in [0.15, 0.2) is 5.78 Å². The number of ketones is 1. The molecule has 3 nitrogen and oxygen atoms in total.